The molecule has 0 aliphatic heterocycles. The van der Waals surface area contributed by atoms with Gasteiger partial charge in [-0.25, -0.2) is 8.42 Å². The molecule has 0 saturated carbocycles. The maximum absolute atomic E-state index is 12.4. The van der Waals surface area contributed by atoms with Crippen LogP contribution in [0.25, 0.3) is 0 Å². The van der Waals surface area contributed by atoms with Crippen molar-refractivity contribution in [1.29, 1.82) is 0 Å². The highest BCUT2D eigenvalue weighted by Gasteiger charge is 2.21. The summed E-state index contributed by atoms with van der Waals surface area (Å²) in [7, 11) is 3.03. The summed E-state index contributed by atoms with van der Waals surface area (Å²) in [6.45, 7) is 4.90. The molecular formula is C13H17BrClNO4S. The molecule has 0 unspecified atom stereocenters. The molecule has 1 aromatic carbocycles. The van der Waals surface area contributed by atoms with Crippen molar-refractivity contribution < 1.29 is 17.9 Å². The number of ether oxygens (including phenoxy) is 1. The van der Waals surface area contributed by atoms with E-state index in [1.165, 1.54) is 6.07 Å². The molecule has 8 heteroatoms. The van der Waals surface area contributed by atoms with Crippen LogP contribution in [0.1, 0.15) is 22.8 Å². The van der Waals surface area contributed by atoms with Crippen molar-refractivity contribution in [3.05, 3.63) is 27.7 Å². The minimum Gasteiger partial charge on any atom is -0.383 e. The van der Waals surface area contributed by atoms with Gasteiger partial charge in [-0.1, -0.05) is 0 Å². The molecule has 5 nitrogen and oxygen atoms in total. The molecule has 0 bridgehead atoms. The molecule has 0 aliphatic rings. The van der Waals surface area contributed by atoms with Gasteiger partial charge in [-0.05, 0) is 47.5 Å². The number of nitrogens with zero attached hydrogens (tertiary/aromatic N) is 1. The fraction of sp³-hybridized carbons (Fsp3) is 0.462. The molecule has 0 saturated heterocycles. The molecule has 0 aromatic heterocycles. The monoisotopic (exact) mass is 397 g/mol. The van der Waals surface area contributed by atoms with Crippen LogP contribution in [0.4, 0.5) is 0 Å². The standard InChI is InChI=1S/C13H17BrClNO4S/c1-4-16(5-6-20-3)13(17)10-7-9(2)12(14)11(8-10)21(15,18)19/h7-8H,4-6H2,1-3H3. The van der Waals surface area contributed by atoms with E-state index >= 15 is 0 Å². The molecule has 0 radical (unpaired) electrons. The first-order chi connectivity index (χ1) is 9.72. The van der Waals surface area contributed by atoms with Gasteiger partial charge in [-0.2, -0.15) is 0 Å². The van der Waals surface area contributed by atoms with Gasteiger partial charge in [-0.15, -0.1) is 0 Å². The van der Waals surface area contributed by atoms with E-state index in [1.54, 1.807) is 25.0 Å². The first-order valence-electron chi connectivity index (χ1n) is 6.25. The van der Waals surface area contributed by atoms with E-state index in [1.807, 2.05) is 6.92 Å². The summed E-state index contributed by atoms with van der Waals surface area (Å²) < 4.78 is 28.5. The maximum Gasteiger partial charge on any atom is 0.262 e. The Balaban J connectivity index is 3.25. The van der Waals surface area contributed by atoms with Crippen LogP contribution >= 0.6 is 26.6 Å². The first-order valence-corrected chi connectivity index (χ1v) is 9.35. The van der Waals surface area contributed by atoms with Gasteiger partial charge >= 0.3 is 0 Å². The molecule has 118 valence electrons. The number of hydrogen-bond acceptors (Lipinski definition) is 4. The highest BCUT2D eigenvalue weighted by molar-refractivity contribution is 9.10. The summed E-state index contributed by atoms with van der Waals surface area (Å²) in [6.07, 6.45) is 0. The number of amides is 1. The molecule has 0 atom stereocenters. The number of methoxy groups -OCH3 is 1. The molecule has 0 fully saturated rings. The van der Waals surface area contributed by atoms with Gasteiger partial charge in [0.2, 0.25) is 0 Å². The summed E-state index contributed by atoms with van der Waals surface area (Å²) in [5.41, 5.74) is 0.913. The van der Waals surface area contributed by atoms with E-state index in [-0.39, 0.29) is 16.4 Å². The van der Waals surface area contributed by atoms with E-state index in [4.69, 9.17) is 15.4 Å². The van der Waals surface area contributed by atoms with E-state index in [0.717, 1.165) is 0 Å². The Morgan fingerprint density at radius 2 is 2.05 bits per heavy atom. The lowest BCUT2D eigenvalue weighted by atomic mass is 10.1. The molecule has 21 heavy (non-hydrogen) atoms. The van der Waals surface area contributed by atoms with Gasteiger partial charge in [0.25, 0.3) is 15.0 Å². The van der Waals surface area contributed by atoms with E-state index in [2.05, 4.69) is 15.9 Å². The van der Waals surface area contributed by atoms with Crippen LogP contribution < -0.4 is 0 Å². The number of halogens is 2. The number of likely N-dealkylation sites (N-methyl/N-ethyl adjacent to an activating group) is 1. The zero-order chi connectivity index (χ0) is 16.2. The molecule has 1 rings (SSSR count). The fourth-order valence-electron chi connectivity index (χ4n) is 1.83. The van der Waals surface area contributed by atoms with Crippen molar-refractivity contribution in [2.45, 2.75) is 18.7 Å². The normalized spacial score (nSPS) is 11.5. The van der Waals surface area contributed by atoms with E-state index in [0.29, 0.717) is 29.7 Å². The lowest BCUT2D eigenvalue weighted by molar-refractivity contribution is 0.0706. The van der Waals surface area contributed by atoms with Gasteiger partial charge in [0.15, 0.2) is 0 Å². The lowest BCUT2D eigenvalue weighted by Gasteiger charge is -2.21. The lowest BCUT2D eigenvalue weighted by Crippen LogP contribution is -2.33. The van der Waals surface area contributed by atoms with Gasteiger partial charge < -0.3 is 9.64 Å². The minimum absolute atomic E-state index is 0.102. The van der Waals surface area contributed by atoms with Crippen LogP contribution in [0, 0.1) is 6.92 Å². The van der Waals surface area contributed by atoms with E-state index < -0.39 is 9.05 Å². The van der Waals surface area contributed by atoms with E-state index in [9.17, 15) is 13.2 Å². The summed E-state index contributed by atoms with van der Waals surface area (Å²) in [4.78, 5) is 13.9. The fourth-order valence-corrected chi connectivity index (χ4v) is 3.98. The quantitative estimate of drug-likeness (QED) is 0.691. The Bertz CT molecular complexity index is 633. The number of aryl methyl sites for hydroxylation is 1. The third-order valence-electron chi connectivity index (χ3n) is 2.97. The van der Waals surface area contributed by atoms with Crippen LogP contribution in [-0.2, 0) is 13.8 Å². The van der Waals surface area contributed by atoms with Crippen LogP contribution in [0.15, 0.2) is 21.5 Å². The Morgan fingerprint density at radius 3 is 2.52 bits per heavy atom. The Labute approximate surface area is 137 Å². The van der Waals surface area contributed by atoms with Crippen LogP contribution in [0.5, 0.6) is 0 Å². The van der Waals surface area contributed by atoms with Crippen molar-refractivity contribution in [3.63, 3.8) is 0 Å². The first kappa shape index (κ1) is 18.4. The Kier molecular flexibility index (Phi) is 6.65. The number of rotatable bonds is 6. The van der Waals surface area contributed by atoms with Crippen LogP contribution in [-0.4, -0.2) is 46.0 Å². The number of benzene rings is 1. The molecule has 1 aromatic rings. The third-order valence-corrected chi connectivity index (χ3v) is 5.63. The Morgan fingerprint density at radius 1 is 1.43 bits per heavy atom. The molecule has 0 aliphatic carbocycles. The summed E-state index contributed by atoms with van der Waals surface area (Å²) in [5.74, 6) is -0.258. The second-order valence-electron chi connectivity index (χ2n) is 4.42. The average Bonchev–Trinajstić information content (AvgIpc) is 2.40. The highest BCUT2D eigenvalue weighted by Crippen LogP contribution is 2.30. The average molecular weight is 399 g/mol. The van der Waals surface area contributed by atoms with Crippen LogP contribution in [0.3, 0.4) is 0 Å². The van der Waals surface area contributed by atoms with Crippen LogP contribution in [0.2, 0.25) is 0 Å². The second-order valence-corrected chi connectivity index (χ2v) is 7.75. The molecule has 1 amide bonds. The topological polar surface area (TPSA) is 63.7 Å². The minimum atomic E-state index is -3.93. The summed E-state index contributed by atoms with van der Waals surface area (Å²) >= 11 is 3.19. The predicted octanol–water partition coefficient (Wildman–Crippen LogP) is 2.79. The largest absolute Gasteiger partial charge is 0.383 e. The van der Waals surface area contributed by atoms with Crippen molar-refractivity contribution >= 4 is 41.6 Å². The zero-order valence-corrected chi connectivity index (χ0v) is 15.2. The summed E-state index contributed by atoms with van der Waals surface area (Å²) in [5, 5.41) is 0. The van der Waals surface area contributed by atoms with Crippen molar-refractivity contribution in [2.75, 3.05) is 26.8 Å². The molecule has 0 heterocycles. The van der Waals surface area contributed by atoms with Crippen molar-refractivity contribution in [2.24, 2.45) is 0 Å². The van der Waals surface area contributed by atoms with Crippen molar-refractivity contribution in [3.8, 4) is 0 Å². The third kappa shape index (κ3) is 4.67. The smallest absolute Gasteiger partial charge is 0.262 e. The number of carbonyl (C=O) groups is 1. The molecule has 0 spiro atoms. The summed E-state index contributed by atoms with van der Waals surface area (Å²) in [6, 6.07) is 2.92. The van der Waals surface area contributed by atoms with Gasteiger partial charge in [0, 0.05) is 40.9 Å². The zero-order valence-electron chi connectivity index (χ0n) is 12.0. The number of carbonyl (C=O) groups excluding carboxylic acids is 1. The Hall–Kier alpha value is -0.630. The SMILES string of the molecule is CCN(CCOC)C(=O)c1cc(C)c(Br)c(S(=O)(=O)Cl)c1. The van der Waals surface area contributed by atoms with Gasteiger partial charge in [0.05, 0.1) is 11.5 Å². The van der Waals surface area contributed by atoms with Crippen molar-refractivity contribution in [1.82, 2.24) is 4.90 Å². The molecular weight excluding hydrogens is 382 g/mol. The van der Waals surface area contributed by atoms with Gasteiger partial charge in [0.1, 0.15) is 0 Å². The highest BCUT2D eigenvalue weighted by atomic mass is 79.9. The second kappa shape index (κ2) is 7.58. The molecule has 0 N–H and O–H groups in total. The maximum atomic E-state index is 12.4. The number of hydrogen-bond donors (Lipinski definition) is 0. The predicted molar refractivity (Wildman–Crippen MR) is 85.4 cm³/mol. The van der Waals surface area contributed by atoms with Gasteiger partial charge in [-0.3, -0.25) is 4.79 Å².